The molecule has 0 aliphatic carbocycles. The Hall–Kier alpha value is -2.73. The van der Waals surface area contributed by atoms with Gasteiger partial charge in [-0.25, -0.2) is 9.59 Å². The highest BCUT2D eigenvalue weighted by Gasteiger charge is 2.43. The molecule has 32 heavy (non-hydrogen) atoms. The van der Waals surface area contributed by atoms with Crippen LogP contribution < -0.4 is 4.74 Å². The highest BCUT2D eigenvalue weighted by Crippen LogP contribution is 2.37. The number of ether oxygens (including phenoxy) is 2. The number of carboxylic acids is 1. The van der Waals surface area contributed by atoms with Crippen molar-refractivity contribution in [1.29, 1.82) is 0 Å². The van der Waals surface area contributed by atoms with E-state index in [0.717, 1.165) is 11.1 Å². The Morgan fingerprint density at radius 1 is 1.03 bits per heavy atom. The fourth-order valence-electron chi connectivity index (χ4n) is 3.83. The minimum atomic E-state index is -1.09. The van der Waals surface area contributed by atoms with Crippen LogP contribution in [0.15, 0.2) is 48.5 Å². The van der Waals surface area contributed by atoms with Gasteiger partial charge >= 0.3 is 12.1 Å². The van der Waals surface area contributed by atoms with E-state index in [-0.39, 0.29) is 18.4 Å². The van der Waals surface area contributed by atoms with E-state index in [4.69, 9.17) is 21.1 Å². The van der Waals surface area contributed by atoms with Crippen LogP contribution in [0.5, 0.6) is 5.75 Å². The minimum absolute atomic E-state index is 0.111. The predicted molar refractivity (Wildman–Crippen MR) is 123 cm³/mol. The number of carbonyl (C=O) groups excluding carboxylic acids is 1. The Kier molecular flexibility index (Phi) is 6.75. The summed E-state index contributed by atoms with van der Waals surface area (Å²) in [5.41, 5.74) is 1.23. The van der Waals surface area contributed by atoms with Gasteiger partial charge in [0, 0.05) is 11.8 Å². The van der Waals surface area contributed by atoms with Crippen molar-refractivity contribution in [3.8, 4) is 5.75 Å². The van der Waals surface area contributed by atoms with Gasteiger partial charge in [0.15, 0.2) is 0 Å². The third kappa shape index (κ3) is 5.36. The van der Waals surface area contributed by atoms with Gasteiger partial charge in [-0.2, -0.15) is 0 Å². The first-order valence-corrected chi connectivity index (χ1v) is 11.0. The molecule has 0 spiro atoms. The van der Waals surface area contributed by atoms with Gasteiger partial charge in [0.1, 0.15) is 23.5 Å². The first-order chi connectivity index (χ1) is 14.9. The molecule has 1 saturated heterocycles. The summed E-state index contributed by atoms with van der Waals surface area (Å²) in [4.78, 5) is 25.4. The Morgan fingerprint density at radius 3 is 2.25 bits per heavy atom. The zero-order valence-corrected chi connectivity index (χ0v) is 19.8. The fourth-order valence-corrected chi connectivity index (χ4v) is 4.05. The summed E-state index contributed by atoms with van der Waals surface area (Å²) in [6.45, 7) is 9.58. The van der Waals surface area contributed by atoms with E-state index in [9.17, 15) is 14.7 Å². The monoisotopic (exact) mass is 459 g/mol. The van der Waals surface area contributed by atoms with E-state index in [1.165, 1.54) is 4.90 Å². The van der Waals surface area contributed by atoms with E-state index < -0.39 is 29.8 Å². The van der Waals surface area contributed by atoms with Crippen LogP contribution in [0.2, 0.25) is 5.02 Å². The Labute approximate surface area is 194 Å². The lowest BCUT2D eigenvalue weighted by Gasteiger charge is -2.27. The molecule has 3 rings (SSSR count). The molecule has 7 heteroatoms. The van der Waals surface area contributed by atoms with Crippen molar-refractivity contribution in [3.05, 3.63) is 64.7 Å². The van der Waals surface area contributed by atoms with E-state index in [2.05, 4.69) is 26.0 Å². The van der Waals surface area contributed by atoms with Gasteiger partial charge in [0.05, 0.1) is 11.6 Å². The maximum absolute atomic E-state index is 12.5. The van der Waals surface area contributed by atoms with Gasteiger partial charge in [0.25, 0.3) is 0 Å². The molecule has 2 aromatic rings. The van der Waals surface area contributed by atoms with E-state index in [1.807, 2.05) is 30.3 Å². The second kappa shape index (κ2) is 9.02. The standard InChI is InChI=1S/C25H30ClNO5/c1-24(2,3)32-23(30)27-15-18(14-20(27)22(28)29)31-21-12-11-17(13-19(21)26)25(4,5)16-9-7-6-8-10-16/h6-13,18,20H,14-15H2,1-5H3,(H,28,29)/t18-,20-/m1/s1. The molecule has 1 amide bonds. The van der Waals surface area contributed by atoms with Crippen LogP contribution in [0.1, 0.15) is 52.2 Å². The third-order valence-corrected chi connectivity index (χ3v) is 5.91. The van der Waals surface area contributed by atoms with Crippen LogP contribution in [0.3, 0.4) is 0 Å². The van der Waals surface area contributed by atoms with Gasteiger partial charge in [0.2, 0.25) is 0 Å². The SMILES string of the molecule is CC(C)(C)OC(=O)N1C[C@H](Oc2ccc(C(C)(C)c3ccccc3)cc2Cl)C[C@@H]1C(=O)O. The lowest BCUT2D eigenvalue weighted by atomic mass is 9.78. The van der Waals surface area contributed by atoms with Crippen LogP contribution >= 0.6 is 11.6 Å². The molecular weight excluding hydrogens is 430 g/mol. The molecule has 0 unspecified atom stereocenters. The van der Waals surface area contributed by atoms with Crippen molar-refractivity contribution in [3.63, 3.8) is 0 Å². The lowest BCUT2D eigenvalue weighted by Crippen LogP contribution is -2.43. The highest BCUT2D eigenvalue weighted by molar-refractivity contribution is 6.32. The zero-order valence-electron chi connectivity index (χ0n) is 19.1. The average molecular weight is 460 g/mol. The number of rotatable bonds is 5. The summed E-state index contributed by atoms with van der Waals surface area (Å²) < 4.78 is 11.4. The third-order valence-electron chi connectivity index (χ3n) is 5.62. The van der Waals surface area contributed by atoms with Crippen LogP contribution in [0.25, 0.3) is 0 Å². The minimum Gasteiger partial charge on any atom is -0.487 e. The molecule has 2 atom stereocenters. The molecule has 0 saturated carbocycles. The summed E-state index contributed by atoms with van der Waals surface area (Å²) in [5, 5.41) is 10.0. The molecule has 6 nitrogen and oxygen atoms in total. The summed E-state index contributed by atoms with van der Waals surface area (Å²) in [6, 6.07) is 14.8. The predicted octanol–water partition coefficient (Wildman–Crippen LogP) is 5.51. The number of hydrogen-bond donors (Lipinski definition) is 1. The van der Waals surface area contributed by atoms with Crippen molar-refractivity contribution in [1.82, 2.24) is 4.90 Å². The fraction of sp³-hybridized carbons (Fsp3) is 0.440. The number of carbonyl (C=O) groups is 2. The van der Waals surface area contributed by atoms with E-state index in [0.29, 0.717) is 10.8 Å². The molecular formula is C25H30ClNO5. The summed E-state index contributed by atoms with van der Waals surface area (Å²) in [7, 11) is 0. The zero-order chi connectivity index (χ0) is 23.7. The number of likely N-dealkylation sites (tertiary alicyclic amines) is 1. The molecule has 0 aromatic heterocycles. The number of carboxylic acid groups (broad SMARTS) is 1. The second-order valence-electron chi connectivity index (χ2n) is 9.60. The Balaban J connectivity index is 1.76. The van der Waals surface area contributed by atoms with Gasteiger partial charge in [-0.3, -0.25) is 4.90 Å². The van der Waals surface area contributed by atoms with Gasteiger partial charge < -0.3 is 14.6 Å². The summed E-state index contributed by atoms with van der Waals surface area (Å²) in [5.74, 6) is -0.632. The van der Waals surface area contributed by atoms with Crippen LogP contribution in [-0.2, 0) is 14.9 Å². The van der Waals surface area contributed by atoms with Crippen LogP contribution in [0, 0.1) is 0 Å². The first-order valence-electron chi connectivity index (χ1n) is 10.6. The molecule has 2 aromatic carbocycles. The number of nitrogens with zero attached hydrogens (tertiary/aromatic N) is 1. The first kappa shape index (κ1) is 23.9. The van der Waals surface area contributed by atoms with Gasteiger partial charge in [-0.05, 0) is 44.0 Å². The highest BCUT2D eigenvalue weighted by atomic mass is 35.5. The normalized spacial score (nSPS) is 19.0. The van der Waals surface area contributed by atoms with Crippen molar-refractivity contribution in [2.75, 3.05) is 6.54 Å². The number of benzene rings is 2. The van der Waals surface area contributed by atoms with Gasteiger partial charge in [-0.15, -0.1) is 0 Å². The molecule has 1 aliphatic rings. The molecule has 172 valence electrons. The molecule has 0 bridgehead atoms. The van der Waals surface area contributed by atoms with Crippen molar-refractivity contribution >= 4 is 23.7 Å². The van der Waals surface area contributed by atoms with Crippen LogP contribution in [0.4, 0.5) is 4.79 Å². The number of hydrogen-bond acceptors (Lipinski definition) is 4. The van der Waals surface area contributed by atoms with Crippen molar-refractivity contribution in [2.45, 2.75) is 64.2 Å². The Bertz CT molecular complexity index is 984. The number of amides is 1. The average Bonchev–Trinajstić information content (AvgIpc) is 3.13. The van der Waals surface area contributed by atoms with Crippen molar-refractivity contribution in [2.24, 2.45) is 0 Å². The van der Waals surface area contributed by atoms with Gasteiger partial charge in [-0.1, -0.05) is 61.8 Å². The Morgan fingerprint density at radius 2 is 1.69 bits per heavy atom. The van der Waals surface area contributed by atoms with E-state index in [1.54, 1.807) is 26.8 Å². The lowest BCUT2D eigenvalue weighted by molar-refractivity contribution is -0.142. The molecule has 0 radical (unpaired) electrons. The summed E-state index contributed by atoms with van der Waals surface area (Å²) >= 11 is 6.54. The quantitative estimate of drug-likeness (QED) is 0.638. The van der Waals surface area contributed by atoms with Crippen molar-refractivity contribution < 1.29 is 24.2 Å². The van der Waals surface area contributed by atoms with Crippen LogP contribution in [-0.4, -0.2) is 46.4 Å². The molecule has 1 aliphatic heterocycles. The molecule has 1 heterocycles. The largest absolute Gasteiger partial charge is 0.487 e. The number of halogens is 1. The summed E-state index contributed by atoms with van der Waals surface area (Å²) in [6.07, 6.45) is -1.02. The van der Waals surface area contributed by atoms with E-state index >= 15 is 0 Å². The second-order valence-corrected chi connectivity index (χ2v) is 10.0. The number of aliphatic carboxylic acids is 1. The molecule has 1 fully saturated rings. The maximum atomic E-state index is 12.5. The topological polar surface area (TPSA) is 76.1 Å². The maximum Gasteiger partial charge on any atom is 0.411 e. The smallest absolute Gasteiger partial charge is 0.411 e. The molecule has 1 N–H and O–H groups in total.